The minimum absolute atomic E-state index is 0.214. The second kappa shape index (κ2) is 29.3. The van der Waals surface area contributed by atoms with E-state index in [-0.39, 0.29) is 24.1 Å². The van der Waals surface area contributed by atoms with Gasteiger partial charge < -0.3 is 24.6 Å². The molecule has 270 valence electrons. The van der Waals surface area contributed by atoms with Gasteiger partial charge in [-0.15, -0.1) is 0 Å². The summed E-state index contributed by atoms with van der Waals surface area (Å²) in [6, 6.07) is 0. The molecule has 0 radical (unpaired) electrons. The largest absolute Gasteiger partial charge is 0.550 e. The Morgan fingerprint density at radius 2 is 0.848 bits per heavy atom. The number of quaternary nitrogens is 1. The van der Waals surface area contributed by atoms with Crippen molar-refractivity contribution in [3.8, 4) is 0 Å². The van der Waals surface area contributed by atoms with Crippen molar-refractivity contribution >= 4 is 17.9 Å². The fourth-order valence-corrected chi connectivity index (χ4v) is 6.79. The molecule has 7 nitrogen and oxygen atoms in total. The van der Waals surface area contributed by atoms with E-state index in [1.54, 1.807) is 6.92 Å². The van der Waals surface area contributed by atoms with Crippen molar-refractivity contribution in [3.63, 3.8) is 0 Å². The molecule has 0 bridgehead atoms. The van der Waals surface area contributed by atoms with Crippen LogP contribution in [0.3, 0.4) is 0 Å². The Labute approximate surface area is 283 Å². The third-order valence-electron chi connectivity index (χ3n) is 9.98. The molecule has 0 saturated heterocycles. The smallest absolute Gasteiger partial charge is 0.312 e. The van der Waals surface area contributed by atoms with Gasteiger partial charge in [-0.05, 0) is 57.8 Å². The number of unbranched alkanes of at least 4 members (excludes halogenated alkanes) is 18. The Balaban J connectivity index is 4.47. The maximum atomic E-state index is 12.0. The number of rotatable bonds is 34. The molecule has 0 amide bonds. The fourth-order valence-electron chi connectivity index (χ4n) is 6.79. The molecular formula is C39H73NO6. The van der Waals surface area contributed by atoms with Gasteiger partial charge in [-0.1, -0.05) is 130 Å². The van der Waals surface area contributed by atoms with E-state index in [1.807, 2.05) is 13.8 Å². The van der Waals surface area contributed by atoms with E-state index >= 15 is 0 Å². The molecule has 0 aliphatic carbocycles. The van der Waals surface area contributed by atoms with Crippen LogP contribution in [-0.2, 0) is 14.4 Å². The maximum Gasteiger partial charge on any atom is 0.312 e. The van der Waals surface area contributed by atoms with Crippen molar-refractivity contribution in [2.45, 2.75) is 175 Å². The Hall–Kier alpha value is -1.89. The first-order chi connectivity index (χ1) is 22.2. The number of carboxylic acids is 3. The molecule has 7 heteroatoms. The van der Waals surface area contributed by atoms with Crippen LogP contribution in [-0.4, -0.2) is 58.8 Å². The standard InChI is InChI=1S/C39H73NO6/c1-5-9-10-11-12-13-14-15-16-17-18-19-20-21-22-23-24-25-26-27-28-29-30-40(31-34(6-2)37(41)42,32-35(7-3)38(43)44)33-36(8-4)39(45)46/h21-22,34-36H,5-20,23-33H2,1-4H3,(H2-,41,42,43,44,45,46)/b22-21+. The summed E-state index contributed by atoms with van der Waals surface area (Å²) in [6.45, 7) is 9.05. The minimum atomic E-state index is -1.14. The molecule has 0 aromatic carbocycles. The molecule has 0 saturated carbocycles. The first-order valence-corrected chi connectivity index (χ1v) is 19.3. The summed E-state index contributed by atoms with van der Waals surface area (Å²) >= 11 is 0. The van der Waals surface area contributed by atoms with Gasteiger partial charge in [0.1, 0.15) is 11.8 Å². The second-order valence-corrected chi connectivity index (χ2v) is 14.0. The number of carbonyl (C=O) groups excluding carboxylic acids is 1. The van der Waals surface area contributed by atoms with Crippen molar-refractivity contribution in [2.75, 3.05) is 26.2 Å². The third-order valence-corrected chi connectivity index (χ3v) is 9.98. The van der Waals surface area contributed by atoms with Crippen LogP contribution in [0.15, 0.2) is 12.2 Å². The average molecular weight is 652 g/mol. The number of aliphatic carboxylic acids is 3. The predicted octanol–water partition coefficient (Wildman–Crippen LogP) is 9.18. The minimum Gasteiger partial charge on any atom is -0.550 e. The van der Waals surface area contributed by atoms with Gasteiger partial charge in [0.25, 0.3) is 0 Å². The van der Waals surface area contributed by atoms with Crippen molar-refractivity contribution < 1.29 is 34.2 Å². The number of hydrogen-bond donors (Lipinski definition) is 2. The number of carboxylic acid groups (broad SMARTS) is 3. The van der Waals surface area contributed by atoms with Gasteiger partial charge in [0.2, 0.25) is 0 Å². The molecule has 2 N–H and O–H groups in total. The Morgan fingerprint density at radius 1 is 0.522 bits per heavy atom. The van der Waals surface area contributed by atoms with Crippen molar-refractivity contribution in [1.82, 2.24) is 0 Å². The third kappa shape index (κ3) is 22.6. The zero-order valence-corrected chi connectivity index (χ0v) is 30.5. The van der Waals surface area contributed by atoms with Crippen LogP contribution in [0.1, 0.15) is 175 Å². The van der Waals surface area contributed by atoms with E-state index in [1.165, 1.54) is 96.3 Å². The molecule has 0 aliphatic rings. The molecule has 0 heterocycles. The van der Waals surface area contributed by atoms with E-state index < -0.39 is 35.7 Å². The fraction of sp³-hybridized carbons (Fsp3) is 0.872. The van der Waals surface area contributed by atoms with E-state index in [0.29, 0.717) is 25.8 Å². The van der Waals surface area contributed by atoms with E-state index in [4.69, 9.17) is 0 Å². The first-order valence-electron chi connectivity index (χ1n) is 19.3. The van der Waals surface area contributed by atoms with Crippen LogP contribution >= 0.6 is 0 Å². The van der Waals surface area contributed by atoms with Gasteiger partial charge in [0.15, 0.2) is 0 Å². The van der Waals surface area contributed by atoms with Crippen molar-refractivity contribution in [1.29, 1.82) is 0 Å². The molecule has 0 aromatic rings. The molecule has 0 aliphatic heterocycles. The van der Waals surface area contributed by atoms with Crippen molar-refractivity contribution in [2.24, 2.45) is 17.8 Å². The topological polar surface area (TPSA) is 115 Å². The molecule has 46 heavy (non-hydrogen) atoms. The van der Waals surface area contributed by atoms with Crippen LogP contribution in [0.25, 0.3) is 0 Å². The molecule has 3 unspecified atom stereocenters. The molecular weight excluding hydrogens is 578 g/mol. The van der Waals surface area contributed by atoms with E-state index in [0.717, 1.165) is 32.1 Å². The summed E-state index contributed by atoms with van der Waals surface area (Å²) in [7, 11) is 0. The highest BCUT2D eigenvalue weighted by Crippen LogP contribution is 2.25. The Morgan fingerprint density at radius 3 is 1.17 bits per heavy atom. The van der Waals surface area contributed by atoms with Crippen molar-refractivity contribution in [3.05, 3.63) is 12.2 Å². The maximum absolute atomic E-state index is 12.0. The van der Waals surface area contributed by atoms with Gasteiger partial charge in [-0.2, -0.15) is 0 Å². The highest BCUT2D eigenvalue weighted by molar-refractivity contribution is 5.70. The lowest BCUT2D eigenvalue weighted by atomic mass is 9.95. The molecule has 0 spiro atoms. The monoisotopic (exact) mass is 652 g/mol. The molecule has 0 rings (SSSR count). The number of allylic oxidation sites excluding steroid dienone is 2. The van der Waals surface area contributed by atoms with Gasteiger partial charge in [-0.3, -0.25) is 9.59 Å². The van der Waals surface area contributed by atoms with Gasteiger partial charge in [-0.25, -0.2) is 0 Å². The lowest BCUT2D eigenvalue weighted by Crippen LogP contribution is -2.59. The zero-order valence-electron chi connectivity index (χ0n) is 30.5. The van der Waals surface area contributed by atoms with Gasteiger partial charge >= 0.3 is 11.9 Å². The molecule has 0 aromatic heterocycles. The Kier molecular flexibility index (Phi) is 28.1. The highest BCUT2D eigenvalue weighted by Gasteiger charge is 2.39. The van der Waals surface area contributed by atoms with E-state index in [9.17, 15) is 29.7 Å². The molecule has 3 atom stereocenters. The predicted molar refractivity (Wildman–Crippen MR) is 189 cm³/mol. The summed E-state index contributed by atoms with van der Waals surface area (Å²) in [4.78, 5) is 35.9. The first kappa shape index (κ1) is 44.1. The number of nitrogens with zero attached hydrogens (tertiary/aromatic N) is 1. The van der Waals surface area contributed by atoms with Crippen LogP contribution in [0, 0.1) is 17.8 Å². The Bertz CT molecular complexity index is 738. The summed E-state index contributed by atoms with van der Waals surface area (Å²) in [5.41, 5.74) is 0. The zero-order chi connectivity index (χ0) is 34.5. The summed E-state index contributed by atoms with van der Waals surface area (Å²) in [5.74, 6) is -4.96. The van der Waals surface area contributed by atoms with Crippen LogP contribution in [0.4, 0.5) is 0 Å². The second-order valence-electron chi connectivity index (χ2n) is 14.0. The van der Waals surface area contributed by atoms with Crippen LogP contribution in [0.5, 0.6) is 0 Å². The van der Waals surface area contributed by atoms with Gasteiger partial charge in [0, 0.05) is 5.92 Å². The van der Waals surface area contributed by atoms with E-state index in [2.05, 4.69) is 19.1 Å². The van der Waals surface area contributed by atoms with Gasteiger partial charge in [0.05, 0.1) is 32.1 Å². The normalized spacial score (nSPS) is 15.0. The number of hydrogen-bond acceptors (Lipinski definition) is 4. The lowest BCUT2D eigenvalue weighted by Gasteiger charge is -2.44. The lowest BCUT2D eigenvalue weighted by molar-refractivity contribution is -0.935. The summed E-state index contributed by atoms with van der Waals surface area (Å²) < 4.78 is 0.214. The van der Waals surface area contributed by atoms with Crippen LogP contribution < -0.4 is 5.11 Å². The SMILES string of the molecule is CCCCCCCCCCCCCC/C=C/CCCCCCCC[N+](CC(CC)C(=O)[O-])(CC(CC)C(=O)O)CC(CC)C(=O)O. The van der Waals surface area contributed by atoms with Crippen LogP contribution in [0.2, 0.25) is 0 Å². The average Bonchev–Trinajstić information content (AvgIpc) is 3.03. The summed E-state index contributed by atoms with van der Waals surface area (Å²) in [6.07, 6.45) is 31.2. The quantitative estimate of drug-likeness (QED) is 0.0407. The summed E-state index contributed by atoms with van der Waals surface area (Å²) in [5, 5.41) is 31.6. The molecule has 0 fully saturated rings. The highest BCUT2D eigenvalue weighted by atomic mass is 16.4. The number of carbonyl (C=O) groups is 3.